The van der Waals surface area contributed by atoms with Crippen LogP contribution in [0.4, 0.5) is 0 Å². The Morgan fingerprint density at radius 2 is 2.00 bits per heavy atom. The maximum absolute atomic E-state index is 9.29. The lowest BCUT2D eigenvalue weighted by Gasteiger charge is -2.31. The molecule has 1 fully saturated rings. The van der Waals surface area contributed by atoms with Crippen molar-refractivity contribution in [1.82, 2.24) is 5.32 Å². The van der Waals surface area contributed by atoms with Crippen LogP contribution in [0.2, 0.25) is 0 Å². The summed E-state index contributed by atoms with van der Waals surface area (Å²) in [7, 11) is 0. The van der Waals surface area contributed by atoms with E-state index >= 15 is 0 Å². The van der Waals surface area contributed by atoms with Gasteiger partial charge in [0.05, 0.1) is 12.6 Å². The van der Waals surface area contributed by atoms with Gasteiger partial charge >= 0.3 is 0 Å². The lowest BCUT2D eigenvalue weighted by Crippen LogP contribution is -2.39. The Morgan fingerprint density at radius 1 is 1.29 bits per heavy atom. The molecule has 2 heteroatoms. The molecule has 0 heterocycles. The molecule has 14 heavy (non-hydrogen) atoms. The second-order valence-corrected chi connectivity index (χ2v) is 3.94. The van der Waals surface area contributed by atoms with Crippen LogP contribution in [0.15, 0.2) is 30.3 Å². The predicted molar refractivity (Wildman–Crippen MR) is 57.0 cm³/mol. The number of aliphatic hydroxyl groups excluding tert-OH is 1. The van der Waals surface area contributed by atoms with Crippen molar-refractivity contribution in [3.63, 3.8) is 0 Å². The molecule has 1 aromatic carbocycles. The third-order valence-corrected chi connectivity index (χ3v) is 2.93. The highest BCUT2D eigenvalue weighted by molar-refractivity contribution is 5.19. The molecule has 0 saturated heterocycles. The fourth-order valence-electron chi connectivity index (χ4n) is 1.80. The fraction of sp³-hybridized carbons (Fsp3) is 0.500. The third kappa shape index (κ3) is 2.14. The Hall–Kier alpha value is -0.860. The van der Waals surface area contributed by atoms with E-state index in [-0.39, 0.29) is 12.6 Å². The highest BCUT2D eigenvalue weighted by Crippen LogP contribution is 2.22. The Balaban J connectivity index is 1.98. The SMILES string of the molecule is OC[C@@H](NC1CCC1)c1ccccc1. The minimum Gasteiger partial charge on any atom is -0.394 e. The molecule has 0 radical (unpaired) electrons. The van der Waals surface area contributed by atoms with Crippen molar-refractivity contribution in [1.29, 1.82) is 0 Å². The van der Waals surface area contributed by atoms with E-state index in [0.29, 0.717) is 6.04 Å². The van der Waals surface area contributed by atoms with Gasteiger partial charge in [-0.25, -0.2) is 0 Å². The van der Waals surface area contributed by atoms with Crippen LogP contribution in [0.1, 0.15) is 30.9 Å². The molecule has 76 valence electrons. The van der Waals surface area contributed by atoms with E-state index in [4.69, 9.17) is 0 Å². The van der Waals surface area contributed by atoms with E-state index in [9.17, 15) is 5.11 Å². The largest absolute Gasteiger partial charge is 0.394 e. The van der Waals surface area contributed by atoms with Crippen LogP contribution in [0, 0.1) is 0 Å². The molecule has 1 aromatic rings. The monoisotopic (exact) mass is 191 g/mol. The molecule has 1 aliphatic carbocycles. The van der Waals surface area contributed by atoms with E-state index in [1.54, 1.807) is 0 Å². The topological polar surface area (TPSA) is 32.3 Å². The van der Waals surface area contributed by atoms with Crippen LogP contribution in [0.25, 0.3) is 0 Å². The van der Waals surface area contributed by atoms with Gasteiger partial charge in [0.25, 0.3) is 0 Å². The van der Waals surface area contributed by atoms with Crippen molar-refractivity contribution >= 4 is 0 Å². The van der Waals surface area contributed by atoms with E-state index in [0.717, 1.165) is 0 Å². The van der Waals surface area contributed by atoms with Crippen molar-refractivity contribution in [2.75, 3.05) is 6.61 Å². The van der Waals surface area contributed by atoms with Gasteiger partial charge in [0.2, 0.25) is 0 Å². The molecule has 0 unspecified atom stereocenters. The molecular formula is C12H17NO. The minimum absolute atomic E-state index is 0.112. The first-order valence-electron chi connectivity index (χ1n) is 5.32. The normalized spacial score (nSPS) is 18.9. The van der Waals surface area contributed by atoms with Gasteiger partial charge in [0.15, 0.2) is 0 Å². The molecule has 0 amide bonds. The molecule has 1 aliphatic rings. The molecule has 0 bridgehead atoms. The summed E-state index contributed by atoms with van der Waals surface area (Å²) in [5.74, 6) is 0. The molecule has 0 spiro atoms. The van der Waals surface area contributed by atoms with Gasteiger partial charge in [0, 0.05) is 6.04 Å². The van der Waals surface area contributed by atoms with Crippen LogP contribution in [0.3, 0.4) is 0 Å². The van der Waals surface area contributed by atoms with E-state index in [1.807, 2.05) is 18.2 Å². The molecule has 2 N–H and O–H groups in total. The van der Waals surface area contributed by atoms with Crippen LogP contribution in [0.5, 0.6) is 0 Å². The summed E-state index contributed by atoms with van der Waals surface area (Å²) in [4.78, 5) is 0. The molecule has 1 saturated carbocycles. The summed E-state index contributed by atoms with van der Waals surface area (Å²) in [6.45, 7) is 0.181. The lowest BCUT2D eigenvalue weighted by molar-refractivity contribution is 0.209. The van der Waals surface area contributed by atoms with Gasteiger partial charge in [-0.2, -0.15) is 0 Å². The summed E-state index contributed by atoms with van der Waals surface area (Å²) in [6.07, 6.45) is 3.83. The van der Waals surface area contributed by atoms with E-state index < -0.39 is 0 Å². The molecular weight excluding hydrogens is 174 g/mol. The second-order valence-electron chi connectivity index (χ2n) is 3.94. The molecule has 2 nitrogen and oxygen atoms in total. The van der Waals surface area contributed by atoms with Crippen molar-refractivity contribution in [2.45, 2.75) is 31.3 Å². The fourth-order valence-corrected chi connectivity index (χ4v) is 1.80. The van der Waals surface area contributed by atoms with Gasteiger partial charge in [-0.1, -0.05) is 36.8 Å². The van der Waals surface area contributed by atoms with Gasteiger partial charge in [-0.15, -0.1) is 0 Å². The number of rotatable bonds is 4. The summed E-state index contributed by atoms with van der Waals surface area (Å²) >= 11 is 0. The van der Waals surface area contributed by atoms with Crippen LogP contribution in [-0.4, -0.2) is 17.8 Å². The quantitative estimate of drug-likeness (QED) is 0.761. The molecule has 0 aromatic heterocycles. The molecule has 2 rings (SSSR count). The zero-order chi connectivity index (χ0) is 9.80. The first-order chi connectivity index (χ1) is 6.90. The molecule has 1 atom stereocenters. The average molecular weight is 191 g/mol. The summed E-state index contributed by atoms with van der Waals surface area (Å²) < 4.78 is 0. The first kappa shape index (κ1) is 9.69. The van der Waals surface area contributed by atoms with Crippen molar-refractivity contribution in [3.05, 3.63) is 35.9 Å². The first-order valence-corrected chi connectivity index (χ1v) is 5.32. The van der Waals surface area contributed by atoms with Crippen LogP contribution >= 0.6 is 0 Å². The highest BCUT2D eigenvalue weighted by Gasteiger charge is 2.21. The maximum Gasteiger partial charge on any atom is 0.0626 e. The summed E-state index contributed by atoms with van der Waals surface area (Å²) in [5.41, 5.74) is 1.18. The Labute approximate surface area is 85.0 Å². The maximum atomic E-state index is 9.29. The van der Waals surface area contributed by atoms with E-state index in [1.165, 1.54) is 24.8 Å². The average Bonchev–Trinajstić information content (AvgIpc) is 2.18. The number of aliphatic hydroxyl groups is 1. The summed E-state index contributed by atoms with van der Waals surface area (Å²) in [5, 5.41) is 12.8. The van der Waals surface area contributed by atoms with Gasteiger partial charge in [-0.3, -0.25) is 0 Å². The van der Waals surface area contributed by atoms with Crippen molar-refractivity contribution in [2.24, 2.45) is 0 Å². The third-order valence-electron chi connectivity index (χ3n) is 2.93. The second kappa shape index (κ2) is 4.58. The van der Waals surface area contributed by atoms with Crippen LogP contribution < -0.4 is 5.32 Å². The number of nitrogens with one attached hydrogen (secondary N) is 1. The van der Waals surface area contributed by atoms with Crippen LogP contribution in [-0.2, 0) is 0 Å². The predicted octanol–water partition coefficient (Wildman–Crippen LogP) is 1.86. The summed E-state index contributed by atoms with van der Waals surface area (Å²) in [6, 6.07) is 10.9. The number of benzene rings is 1. The minimum atomic E-state index is 0.112. The van der Waals surface area contributed by atoms with Gasteiger partial charge in [-0.05, 0) is 18.4 Å². The van der Waals surface area contributed by atoms with Gasteiger partial charge in [0.1, 0.15) is 0 Å². The highest BCUT2D eigenvalue weighted by atomic mass is 16.3. The van der Waals surface area contributed by atoms with Crippen molar-refractivity contribution < 1.29 is 5.11 Å². The zero-order valence-electron chi connectivity index (χ0n) is 8.32. The number of hydrogen-bond acceptors (Lipinski definition) is 2. The number of hydrogen-bond donors (Lipinski definition) is 2. The molecule has 0 aliphatic heterocycles. The van der Waals surface area contributed by atoms with Crippen molar-refractivity contribution in [3.8, 4) is 0 Å². The lowest BCUT2D eigenvalue weighted by atomic mass is 9.91. The zero-order valence-corrected chi connectivity index (χ0v) is 8.32. The Morgan fingerprint density at radius 3 is 2.50 bits per heavy atom. The van der Waals surface area contributed by atoms with E-state index in [2.05, 4.69) is 17.4 Å². The Bertz CT molecular complexity index is 269. The standard InChI is InChI=1S/C12H17NO/c14-9-12(13-11-7-4-8-11)10-5-2-1-3-6-10/h1-3,5-6,11-14H,4,7-9H2/t12-/m1/s1. The Kier molecular flexibility index (Phi) is 3.17. The smallest absolute Gasteiger partial charge is 0.0626 e. The van der Waals surface area contributed by atoms with Gasteiger partial charge < -0.3 is 10.4 Å².